The van der Waals surface area contributed by atoms with E-state index in [2.05, 4.69) is 4.98 Å². The van der Waals surface area contributed by atoms with Gasteiger partial charge in [-0.3, -0.25) is 4.79 Å². The first-order valence-corrected chi connectivity index (χ1v) is 7.02. The fraction of sp³-hybridized carbons (Fsp3) is 0.600. The number of hydrogen-bond donors (Lipinski definition) is 1. The Bertz CT molecular complexity index is 522. The Labute approximate surface area is 118 Å². The SMILES string of the molecule is CC(C)(C)OC(=O)N1CCC(c2cc(=O)cc[nH]2)CC1. The highest BCUT2D eigenvalue weighted by atomic mass is 16.6. The van der Waals surface area contributed by atoms with Crippen molar-refractivity contribution >= 4 is 6.09 Å². The van der Waals surface area contributed by atoms with Crippen molar-refractivity contribution in [2.45, 2.75) is 45.1 Å². The number of carbonyl (C=O) groups excluding carboxylic acids is 1. The van der Waals surface area contributed by atoms with Crippen LogP contribution >= 0.6 is 0 Å². The van der Waals surface area contributed by atoms with E-state index in [-0.39, 0.29) is 11.5 Å². The number of nitrogens with zero attached hydrogens (tertiary/aromatic N) is 1. The molecule has 5 nitrogen and oxygen atoms in total. The van der Waals surface area contributed by atoms with Crippen molar-refractivity contribution in [1.29, 1.82) is 0 Å². The van der Waals surface area contributed by atoms with Gasteiger partial charge in [-0.2, -0.15) is 0 Å². The first-order valence-electron chi connectivity index (χ1n) is 7.02. The van der Waals surface area contributed by atoms with Gasteiger partial charge in [-0.15, -0.1) is 0 Å². The van der Waals surface area contributed by atoms with E-state index in [1.165, 1.54) is 6.07 Å². The molecule has 1 aromatic rings. The summed E-state index contributed by atoms with van der Waals surface area (Å²) in [4.78, 5) is 28.2. The third-order valence-corrected chi connectivity index (χ3v) is 3.38. The Kier molecular flexibility index (Phi) is 4.16. The number of amides is 1. The summed E-state index contributed by atoms with van der Waals surface area (Å²) in [5.74, 6) is 0.308. The van der Waals surface area contributed by atoms with Crippen LogP contribution in [0.2, 0.25) is 0 Å². The number of piperidine rings is 1. The minimum atomic E-state index is -0.460. The van der Waals surface area contributed by atoms with Gasteiger partial charge in [-0.1, -0.05) is 0 Å². The van der Waals surface area contributed by atoms with Gasteiger partial charge in [0, 0.05) is 43.0 Å². The topological polar surface area (TPSA) is 62.4 Å². The van der Waals surface area contributed by atoms with E-state index >= 15 is 0 Å². The zero-order valence-electron chi connectivity index (χ0n) is 12.3. The normalized spacial score (nSPS) is 17.1. The Morgan fingerprint density at radius 3 is 2.55 bits per heavy atom. The number of aromatic amines is 1. The number of H-pyrrole nitrogens is 1. The molecule has 0 saturated carbocycles. The number of nitrogens with one attached hydrogen (secondary N) is 1. The molecular weight excluding hydrogens is 256 g/mol. The lowest BCUT2D eigenvalue weighted by Gasteiger charge is -2.33. The highest BCUT2D eigenvalue weighted by molar-refractivity contribution is 5.68. The summed E-state index contributed by atoms with van der Waals surface area (Å²) in [6, 6.07) is 3.16. The molecule has 0 bridgehead atoms. The van der Waals surface area contributed by atoms with E-state index in [1.807, 2.05) is 20.8 Å². The monoisotopic (exact) mass is 278 g/mol. The first-order chi connectivity index (χ1) is 9.35. The largest absolute Gasteiger partial charge is 0.444 e. The average Bonchev–Trinajstić information content (AvgIpc) is 2.37. The molecule has 0 atom stereocenters. The van der Waals surface area contributed by atoms with Crippen LogP contribution in [0.4, 0.5) is 4.79 Å². The first kappa shape index (κ1) is 14.6. The van der Waals surface area contributed by atoms with E-state index < -0.39 is 5.60 Å². The van der Waals surface area contributed by atoms with Crippen molar-refractivity contribution in [3.63, 3.8) is 0 Å². The van der Waals surface area contributed by atoms with Crippen LogP contribution in [-0.4, -0.2) is 34.7 Å². The van der Waals surface area contributed by atoms with Gasteiger partial charge in [0.15, 0.2) is 5.43 Å². The number of carbonyl (C=O) groups is 1. The Hall–Kier alpha value is -1.78. The maximum atomic E-state index is 12.0. The second-order valence-corrected chi connectivity index (χ2v) is 6.22. The molecule has 0 unspecified atom stereocenters. The van der Waals surface area contributed by atoms with Gasteiger partial charge in [0.25, 0.3) is 0 Å². The van der Waals surface area contributed by atoms with Crippen molar-refractivity contribution in [3.8, 4) is 0 Å². The van der Waals surface area contributed by atoms with Gasteiger partial charge < -0.3 is 14.6 Å². The Morgan fingerprint density at radius 2 is 2.00 bits per heavy atom. The third-order valence-electron chi connectivity index (χ3n) is 3.38. The molecular formula is C15H22N2O3. The predicted octanol–water partition coefficient (Wildman–Crippen LogP) is 2.49. The number of hydrogen-bond acceptors (Lipinski definition) is 3. The van der Waals surface area contributed by atoms with Gasteiger partial charge >= 0.3 is 6.09 Å². The molecule has 1 aliphatic rings. The molecule has 1 amide bonds. The van der Waals surface area contributed by atoms with Crippen LogP contribution in [-0.2, 0) is 4.74 Å². The summed E-state index contributed by atoms with van der Waals surface area (Å²) in [6.45, 7) is 6.93. The lowest BCUT2D eigenvalue weighted by Crippen LogP contribution is -2.41. The van der Waals surface area contributed by atoms with Crippen molar-refractivity contribution in [2.75, 3.05) is 13.1 Å². The van der Waals surface area contributed by atoms with Crippen LogP contribution in [0, 0.1) is 0 Å². The van der Waals surface area contributed by atoms with E-state index in [4.69, 9.17) is 4.74 Å². The standard InChI is InChI=1S/C15H22N2O3/c1-15(2,3)20-14(19)17-8-5-11(6-9-17)13-10-12(18)4-7-16-13/h4,7,10-11H,5-6,8-9H2,1-3H3,(H,16,18). The average molecular weight is 278 g/mol. The van der Waals surface area contributed by atoms with Crippen molar-refractivity contribution in [2.24, 2.45) is 0 Å². The summed E-state index contributed by atoms with van der Waals surface area (Å²) in [6.07, 6.45) is 3.12. The fourth-order valence-corrected chi connectivity index (χ4v) is 2.40. The highest BCUT2D eigenvalue weighted by Gasteiger charge is 2.27. The van der Waals surface area contributed by atoms with Gasteiger partial charge in [-0.25, -0.2) is 4.79 Å². The fourth-order valence-electron chi connectivity index (χ4n) is 2.40. The minimum Gasteiger partial charge on any atom is -0.444 e. The van der Waals surface area contributed by atoms with Crippen LogP contribution < -0.4 is 5.43 Å². The summed E-state index contributed by atoms with van der Waals surface area (Å²) < 4.78 is 5.37. The smallest absolute Gasteiger partial charge is 0.410 e. The molecule has 0 aromatic carbocycles. The quantitative estimate of drug-likeness (QED) is 0.858. The van der Waals surface area contributed by atoms with Crippen LogP contribution in [0.3, 0.4) is 0 Å². The van der Waals surface area contributed by atoms with Crippen molar-refractivity contribution in [1.82, 2.24) is 9.88 Å². The molecule has 0 radical (unpaired) electrons. The molecule has 20 heavy (non-hydrogen) atoms. The molecule has 1 aliphatic heterocycles. The summed E-state index contributed by atoms with van der Waals surface area (Å²) in [7, 11) is 0. The van der Waals surface area contributed by atoms with Crippen LogP contribution in [0.5, 0.6) is 0 Å². The molecule has 1 aromatic heterocycles. The Balaban J connectivity index is 1.92. The third kappa shape index (κ3) is 3.85. The van der Waals surface area contributed by atoms with Crippen molar-refractivity contribution in [3.05, 3.63) is 34.2 Å². The molecule has 1 fully saturated rings. The number of ether oxygens (including phenoxy) is 1. The maximum Gasteiger partial charge on any atom is 0.410 e. The number of aromatic nitrogens is 1. The van der Waals surface area contributed by atoms with Crippen LogP contribution in [0.1, 0.15) is 45.2 Å². The highest BCUT2D eigenvalue weighted by Crippen LogP contribution is 2.26. The predicted molar refractivity (Wildman–Crippen MR) is 76.8 cm³/mol. The zero-order chi connectivity index (χ0) is 14.8. The number of likely N-dealkylation sites (tertiary alicyclic amines) is 1. The number of rotatable bonds is 1. The summed E-state index contributed by atoms with van der Waals surface area (Å²) in [5, 5.41) is 0. The van der Waals surface area contributed by atoms with Gasteiger partial charge in [0.05, 0.1) is 0 Å². The van der Waals surface area contributed by atoms with E-state index in [0.29, 0.717) is 19.0 Å². The van der Waals surface area contributed by atoms with E-state index in [1.54, 1.807) is 17.2 Å². The maximum absolute atomic E-state index is 12.0. The van der Waals surface area contributed by atoms with Gasteiger partial charge in [0.2, 0.25) is 0 Å². The molecule has 1 saturated heterocycles. The molecule has 2 rings (SSSR count). The van der Waals surface area contributed by atoms with Gasteiger partial charge in [-0.05, 0) is 33.6 Å². The second-order valence-electron chi connectivity index (χ2n) is 6.22. The molecule has 0 aliphatic carbocycles. The van der Waals surface area contributed by atoms with Crippen LogP contribution in [0.25, 0.3) is 0 Å². The van der Waals surface area contributed by atoms with Crippen LogP contribution in [0.15, 0.2) is 23.1 Å². The second kappa shape index (κ2) is 5.69. The lowest BCUT2D eigenvalue weighted by atomic mass is 9.93. The lowest BCUT2D eigenvalue weighted by molar-refractivity contribution is 0.0204. The van der Waals surface area contributed by atoms with Crippen molar-refractivity contribution < 1.29 is 9.53 Å². The summed E-state index contributed by atoms with van der Waals surface area (Å²) in [5.41, 5.74) is 0.521. The number of pyridine rings is 1. The Morgan fingerprint density at radius 1 is 1.35 bits per heavy atom. The summed E-state index contributed by atoms with van der Waals surface area (Å²) >= 11 is 0. The van der Waals surface area contributed by atoms with E-state index in [0.717, 1.165) is 18.5 Å². The molecule has 1 N–H and O–H groups in total. The molecule has 2 heterocycles. The molecule has 0 spiro atoms. The molecule has 5 heteroatoms. The molecule has 110 valence electrons. The zero-order valence-corrected chi connectivity index (χ0v) is 12.3. The van der Waals surface area contributed by atoms with E-state index in [9.17, 15) is 9.59 Å². The van der Waals surface area contributed by atoms with Gasteiger partial charge in [0.1, 0.15) is 5.60 Å². The minimum absolute atomic E-state index is 0.0216.